The van der Waals surface area contributed by atoms with Crippen molar-refractivity contribution in [1.29, 1.82) is 0 Å². The summed E-state index contributed by atoms with van der Waals surface area (Å²) in [6, 6.07) is 4.87. The molecule has 1 aromatic heterocycles. The summed E-state index contributed by atoms with van der Waals surface area (Å²) in [5, 5.41) is 12.7. The van der Waals surface area contributed by atoms with Crippen LogP contribution in [0.1, 0.15) is 10.7 Å². The van der Waals surface area contributed by atoms with Crippen LogP contribution < -0.4 is 0 Å². The molecule has 0 fully saturated rings. The predicted molar refractivity (Wildman–Crippen MR) is 56.7 cm³/mol. The van der Waals surface area contributed by atoms with Crippen LogP contribution in [0.25, 0.3) is 11.4 Å². The van der Waals surface area contributed by atoms with Gasteiger partial charge >= 0.3 is 11.9 Å². The number of carbonyl (C=O) groups is 1. The molecule has 82 valence electrons. The Morgan fingerprint density at radius 3 is 2.75 bits per heavy atom. The Hall–Kier alpha value is -1.59. The lowest BCUT2D eigenvalue weighted by Gasteiger charge is -1.99. The SMILES string of the molecule is O=C(O)c1nc(-c2cccc(Cl)c2Cl)no1. The van der Waals surface area contributed by atoms with Crippen LogP contribution in [-0.4, -0.2) is 21.2 Å². The van der Waals surface area contributed by atoms with Crippen molar-refractivity contribution in [3.05, 3.63) is 34.1 Å². The molecule has 2 aromatic rings. The van der Waals surface area contributed by atoms with E-state index in [1.165, 1.54) is 0 Å². The van der Waals surface area contributed by atoms with Crippen LogP contribution in [0.5, 0.6) is 0 Å². The highest BCUT2D eigenvalue weighted by atomic mass is 35.5. The summed E-state index contributed by atoms with van der Waals surface area (Å²) >= 11 is 11.7. The van der Waals surface area contributed by atoms with Crippen LogP contribution in [-0.2, 0) is 0 Å². The van der Waals surface area contributed by atoms with E-state index in [4.69, 9.17) is 28.3 Å². The molecule has 16 heavy (non-hydrogen) atoms. The summed E-state index contributed by atoms with van der Waals surface area (Å²) in [4.78, 5) is 14.2. The van der Waals surface area contributed by atoms with E-state index in [2.05, 4.69) is 14.7 Å². The molecular weight excluding hydrogens is 255 g/mol. The first-order valence-electron chi connectivity index (χ1n) is 4.11. The molecule has 0 radical (unpaired) electrons. The van der Waals surface area contributed by atoms with Gasteiger partial charge in [0.25, 0.3) is 0 Å². The van der Waals surface area contributed by atoms with E-state index >= 15 is 0 Å². The maximum absolute atomic E-state index is 10.5. The number of hydrogen-bond donors (Lipinski definition) is 1. The van der Waals surface area contributed by atoms with Crippen LogP contribution >= 0.6 is 23.2 Å². The van der Waals surface area contributed by atoms with Gasteiger partial charge in [0.2, 0.25) is 5.82 Å². The van der Waals surface area contributed by atoms with Crippen molar-refractivity contribution in [3.8, 4) is 11.4 Å². The van der Waals surface area contributed by atoms with E-state index in [9.17, 15) is 4.79 Å². The van der Waals surface area contributed by atoms with Gasteiger partial charge in [-0.15, -0.1) is 0 Å². The number of hydrogen-bond acceptors (Lipinski definition) is 4. The predicted octanol–water partition coefficient (Wildman–Crippen LogP) is 2.74. The third-order valence-electron chi connectivity index (χ3n) is 1.80. The Kier molecular flexibility index (Phi) is 2.80. The standard InChI is InChI=1S/C9H4Cl2N2O3/c10-5-3-1-2-4(6(5)11)7-12-8(9(14)15)16-13-7/h1-3H,(H,14,15). The van der Waals surface area contributed by atoms with E-state index in [-0.39, 0.29) is 10.8 Å². The van der Waals surface area contributed by atoms with Gasteiger partial charge in [0, 0.05) is 5.56 Å². The fourth-order valence-corrected chi connectivity index (χ4v) is 1.48. The van der Waals surface area contributed by atoms with Gasteiger partial charge in [0.05, 0.1) is 10.0 Å². The number of aromatic carboxylic acids is 1. The topological polar surface area (TPSA) is 76.2 Å². The Labute approximate surface area is 99.6 Å². The lowest BCUT2D eigenvalue weighted by Crippen LogP contribution is -1.95. The molecule has 0 aliphatic heterocycles. The fraction of sp³-hybridized carbons (Fsp3) is 0. The number of halogens is 2. The first-order chi connectivity index (χ1) is 7.59. The zero-order valence-corrected chi connectivity index (χ0v) is 9.16. The van der Waals surface area contributed by atoms with Crippen molar-refractivity contribution in [1.82, 2.24) is 10.1 Å². The molecule has 0 saturated heterocycles. The molecule has 5 nitrogen and oxygen atoms in total. The molecule has 0 spiro atoms. The van der Waals surface area contributed by atoms with Crippen molar-refractivity contribution in [2.45, 2.75) is 0 Å². The average molecular weight is 259 g/mol. The minimum atomic E-state index is -1.29. The number of carboxylic acids is 1. The molecule has 0 bridgehead atoms. The summed E-state index contributed by atoms with van der Waals surface area (Å²) < 4.78 is 4.51. The van der Waals surface area contributed by atoms with Gasteiger partial charge in [0.1, 0.15) is 0 Å². The lowest BCUT2D eigenvalue weighted by molar-refractivity contribution is 0.0643. The average Bonchev–Trinajstić information content (AvgIpc) is 2.71. The van der Waals surface area contributed by atoms with Crippen molar-refractivity contribution in [2.24, 2.45) is 0 Å². The highest BCUT2D eigenvalue weighted by molar-refractivity contribution is 6.43. The Morgan fingerprint density at radius 1 is 1.38 bits per heavy atom. The second-order valence-corrected chi connectivity index (χ2v) is 3.61. The molecule has 0 atom stereocenters. The van der Waals surface area contributed by atoms with Crippen LogP contribution in [0.4, 0.5) is 0 Å². The first-order valence-corrected chi connectivity index (χ1v) is 4.86. The Balaban J connectivity index is 2.50. The number of nitrogens with zero attached hydrogens (tertiary/aromatic N) is 2. The molecule has 1 N–H and O–H groups in total. The molecule has 0 saturated carbocycles. The highest BCUT2D eigenvalue weighted by Gasteiger charge is 2.17. The maximum atomic E-state index is 10.5. The monoisotopic (exact) mass is 258 g/mol. The third kappa shape index (κ3) is 1.87. The van der Waals surface area contributed by atoms with Crippen molar-refractivity contribution in [3.63, 3.8) is 0 Å². The van der Waals surface area contributed by atoms with Gasteiger partial charge in [0.15, 0.2) is 0 Å². The van der Waals surface area contributed by atoms with Gasteiger partial charge in [-0.05, 0) is 12.1 Å². The number of aromatic nitrogens is 2. The fourth-order valence-electron chi connectivity index (χ4n) is 1.10. The summed E-state index contributed by atoms with van der Waals surface area (Å²) in [6.45, 7) is 0. The molecule has 0 amide bonds. The van der Waals surface area contributed by atoms with Crippen LogP contribution in [0.2, 0.25) is 10.0 Å². The lowest BCUT2D eigenvalue weighted by atomic mass is 10.2. The number of carboxylic acid groups (broad SMARTS) is 1. The largest absolute Gasteiger partial charge is 0.474 e. The summed E-state index contributed by atoms with van der Waals surface area (Å²) in [5.41, 5.74) is 0.422. The van der Waals surface area contributed by atoms with Gasteiger partial charge in [-0.2, -0.15) is 4.98 Å². The van der Waals surface area contributed by atoms with Crippen molar-refractivity contribution in [2.75, 3.05) is 0 Å². The molecular formula is C9H4Cl2N2O3. The summed E-state index contributed by atoms with van der Waals surface area (Å²) in [6.07, 6.45) is 0. The third-order valence-corrected chi connectivity index (χ3v) is 2.62. The Morgan fingerprint density at radius 2 is 2.12 bits per heavy atom. The quantitative estimate of drug-likeness (QED) is 0.897. The van der Waals surface area contributed by atoms with E-state index in [1.807, 2.05) is 0 Å². The molecule has 0 aliphatic carbocycles. The molecule has 0 unspecified atom stereocenters. The molecule has 1 heterocycles. The second-order valence-electron chi connectivity index (χ2n) is 2.83. The normalized spacial score (nSPS) is 10.4. The zero-order chi connectivity index (χ0) is 11.7. The minimum absolute atomic E-state index is 0.0879. The molecule has 1 aromatic carbocycles. The number of benzene rings is 1. The van der Waals surface area contributed by atoms with Crippen LogP contribution in [0.3, 0.4) is 0 Å². The summed E-state index contributed by atoms with van der Waals surface area (Å²) in [5.74, 6) is -1.70. The minimum Gasteiger partial charge on any atom is -0.474 e. The zero-order valence-electron chi connectivity index (χ0n) is 7.65. The van der Waals surface area contributed by atoms with E-state index < -0.39 is 11.9 Å². The molecule has 7 heteroatoms. The highest BCUT2D eigenvalue weighted by Crippen LogP contribution is 2.31. The van der Waals surface area contributed by atoms with Crippen LogP contribution in [0.15, 0.2) is 22.7 Å². The number of rotatable bonds is 2. The molecule has 0 aliphatic rings. The van der Waals surface area contributed by atoms with Gasteiger partial charge in [-0.1, -0.05) is 34.4 Å². The summed E-state index contributed by atoms with van der Waals surface area (Å²) in [7, 11) is 0. The molecule has 2 rings (SSSR count). The van der Waals surface area contributed by atoms with Gasteiger partial charge in [-0.25, -0.2) is 4.79 Å². The Bertz CT molecular complexity index is 553. The van der Waals surface area contributed by atoms with E-state index in [0.717, 1.165) is 0 Å². The first kappa shape index (κ1) is 10.9. The smallest absolute Gasteiger partial charge is 0.394 e. The second kappa shape index (κ2) is 4.11. The van der Waals surface area contributed by atoms with Crippen LogP contribution in [0, 0.1) is 0 Å². The maximum Gasteiger partial charge on any atom is 0.394 e. The van der Waals surface area contributed by atoms with Gasteiger partial charge in [-0.3, -0.25) is 0 Å². The van der Waals surface area contributed by atoms with Crippen molar-refractivity contribution < 1.29 is 14.4 Å². The van der Waals surface area contributed by atoms with E-state index in [0.29, 0.717) is 10.6 Å². The van der Waals surface area contributed by atoms with E-state index in [1.54, 1.807) is 18.2 Å². The van der Waals surface area contributed by atoms with Crippen molar-refractivity contribution >= 4 is 29.2 Å². The van der Waals surface area contributed by atoms with Gasteiger partial charge < -0.3 is 9.63 Å².